The van der Waals surface area contributed by atoms with Gasteiger partial charge in [-0.25, -0.2) is 4.98 Å². The smallest absolute Gasteiger partial charge is 0.254 e. The van der Waals surface area contributed by atoms with E-state index < -0.39 is 0 Å². The number of ether oxygens (including phenoxy) is 1. The van der Waals surface area contributed by atoms with Crippen LogP contribution >= 0.6 is 27.3 Å². The zero-order chi connectivity index (χ0) is 18.8. The molecule has 2 heterocycles. The Bertz CT molecular complexity index is 967. The number of nitrogens with zero attached hydrogens (tertiary/aromatic N) is 3. The van der Waals surface area contributed by atoms with Crippen molar-refractivity contribution >= 4 is 48.5 Å². The molecule has 0 aliphatic carbocycles. The lowest BCUT2D eigenvalue weighted by molar-refractivity contribution is 0.0746. The van der Waals surface area contributed by atoms with Gasteiger partial charge in [0.05, 0.1) is 16.8 Å². The first-order valence-electron chi connectivity index (χ1n) is 8.97. The van der Waals surface area contributed by atoms with Crippen molar-refractivity contribution in [2.75, 3.05) is 37.7 Å². The second kappa shape index (κ2) is 7.86. The Morgan fingerprint density at radius 1 is 1.19 bits per heavy atom. The van der Waals surface area contributed by atoms with Crippen molar-refractivity contribution in [3.63, 3.8) is 0 Å². The molecule has 0 spiro atoms. The first-order valence-corrected chi connectivity index (χ1v) is 10.6. The third kappa shape index (κ3) is 3.94. The van der Waals surface area contributed by atoms with Gasteiger partial charge in [0.25, 0.3) is 5.91 Å². The van der Waals surface area contributed by atoms with Crippen molar-refractivity contribution in [1.29, 1.82) is 0 Å². The van der Waals surface area contributed by atoms with Gasteiger partial charge < -0.3 is 14.5 Å². The van der Waals surface area contributed by atoms with Crippen LogP contribution in [0.2, 0.25) is 0 Å². The maximum Gasteiger partial charge on any atom is 0.254 e. The lowest BCUT2D eigenvalue weighted by Gasteiger charge is -2.34. The number of aromatic nitrogens is 1. The molecule has 0 radical (unpaired) electrons. The zero-order valence-electron chi connectivity index (χ0n) is 15.0. The fourth-order valence-electron chi connectivity index (χ4n) is 3.19. The van der Waals surface area contributed by atoms with Crippen LogP contribution in [0.4, 0.5) is 5.13 Å². The van der Waals surface area contributed by atoms with E-state index in [-0.39, 0.29) is 5.91 Å². The Balaban J connectivity index is 1.44. The van der Waals surface area contributed by atoms with Crippen molar-refractivity contribution in [2.45, 2.75) is 6.92 Å². The van der Waals surface area contributed by atoms with Crippen LogP contribution in [0.3, 0.4) is 0 Å². The number of carbonyl (C=O) groups excluding carboxylic acids is 1. The van der Waals surface area contributed by atoms with E-state index in [1.165, 1.54) is 0 Å². The minimum absolute atomic E-state index is 0.0848. The number of fused-ring (bicyclic) bond motifs is 1. The second-order valence-corrected chi connectivity index (χ2v) is 8.27. The van der Waals surface area contributed by atoms with E-state index in [1.54, 1.807) is 11.3 Å². The van der Waals surface area contributed by atoms with E-state index in [9.17, 15) is 4.79 Å². The number of amides is 1. The van der Waals surface area contributed by atoms with E-state index >= 15 is 0 Å². The first kappa shape index (κ1) is 18.3. The molecule has 0 saturated carbocycles. The molecule has 4 rings (SSSR count). The van der Waals surface area contributed by atoms with Crippen LogP contribution < -0.4 is 9.64 Å². The van der Waals surface area contributed by atoms with Crippen molar-refractivity contribution in [3.8, 4) is 5.75 Å². The number of benzene rings is 2. The average Bonchev–Trinajstić information content (AvgIpc) is 3.11. The summed E-state index contributed by atoms with van der Waals surface area (Å²) in [6, 6.07) is 13.6. The average molecular weight is 446 g/mol. The van der Waals surface area contributed by atoms with Crippen LogP contribution in [-0.2, 0) is 0 Å². The van der Waals surface area contributed by atoms with Gasteiger partial charge in [-0.3, -0.25) is 4.79 Å². The molecule has 7 heteroatoms. The van der Waals surface area contributed by atoms with E-state index in [0.29, 0.717) is 19.7 Å². The van der Waals surface area contributed by atoms with Gasteiger partial charge in [0.15, 0.2) is 5.13 Å². The molecule has 2 aromatic carbocycles. The van der Waals surface area contributed by atoms with E-state index in [0.717, 1.165) is 44.2 Å². The largest absolute Gasteiger partial charge is 0.494 e. The van der Waals surface area contributed by atoms with Crippen LogP contribution in [0.5, 0.6) is 5.75 Å². The Labute approximate surface area is 170 Å². The number of anilines is 1. The molecule has 3 aromatic rings. The van der Waals surface area contributed by atoms with Crippen LogP contribution in [0.1, 0.15) is 17.3 Å². The van der Waals surface area contributed by atoms with Crippen molar-refractivity contribution in [3.05, 3.63) is 52.5 Å². The van der Waals surface area contributed by atoms with Gasteiger partial charge in [0.1, 0.15) is 5.75 Å². The molecule has 1 aliphatic rings. The summed E-state index contributed by atoms with van der Waals surface area (Å²) in [5.41, 5.74) is 1.72. The van der Waals surface area contributed by atoms with Crippen LogP contribution in [-0.4, -0.2) is 48.6 Å². The van der Waals surface area contributed by atoms with Gasteiger partial charge in [0.2, 0.25) is 0 Å². The first-order chi connectivity index (χ1) is 13.1. The highest BCUT2D eigenvalue weighted by Gasteiger charge is 2.24. The summed E-state index contributed by atoms with van der Waals surface area (Å²) in [5, 5.41) is 1.01. The summed E-state index contributed by atoms with van der Waals surface area (Å²) in [7, 11) is 0. The summed E-state index contributed by atoms with van der Waals surface area (Å²) < 4.78 is 7.63. The molecule has 0 atom stereocenters. The number of rotatable bonds is 4. The number of hydrogen-bond acceptors (Lipinski definition) is 5. The van der Waals surface area contributed by atoms with Gasteiger partial charge in [0, 0.05) is 36.2 Å². The molecule has 5 nitrogen and oxygen atoms in total. The molecular formula is C20H20BrN3O2S. The van der Waals surface area contributed by atoms with Gasteiger partial charge in [-0.2, -0.15) is 0 Å². The fourth-order valence-corrected chi connectivity index (χ4v) is 4.63. The molecule has 27 heavy (non-hydrogen) atoms. The minimum Gasteiger partial charge on any atom is -0.494 e. The second-order valence-electron chi connectivity index (χ2n) is 6.35. The monoisotopic (exact) mass is 445 g/mol. The molecule has 1 amide bonds. The predicted molar refractivity (Wildman–Crippen MR) is 113 cm³/mol. The summed E-state index contributed by atoms with van der Waals surface area (Å²) >= 11 is 5.11. The van der Waals surface area contributed by atoms with Gasteiger partial charge in [-0.05, 0) is 43.3 Å². The van der Waals surface area contributed by atoms with Crippen LogP contribution in [0.25, 0.3) is 10.2 Å². The van der Waals surface area contributed by atoms with Gasteiger partial charge in [-0.1, -0.05) is 33.3 Å². The number of hydrogen-bond donors (Lipinski definition) is 0. The third-order valence-electron chi connectivity index (χ3n) is 4.57. The summed E-state index contributed by atoms with van der Waals surface area (Å²) in [5.74, 6) is 0.964. The van der Waals surface area contributed by atoms with E-state index in [2.05, 4.69) is 20.8 Å². The van der Waals surface area contributed by atoms with E-state index in [4.69, 9.17) is 9.72 Å². The quantitative estimate of drug-likeness (QED) is 0.596. The highest BCUT2D eigenvalue weighted by atomic mass is 79.9. The van der Waals surface area contributed by atoms with Crippen molar-refractivity contribution < 1.29 is 9.53 Å². The Hall–Kier alpha value is -2.12. The van der Waals surface area contributed by atoms with Gasteiger partial charge >= 0.3 is 0 Å². The van der Waals surface area contributed by atoms with E-state index in [1.807, 2.05) is 54.3 Å². The number of piperazine rings is 1. The SMILES string of the molecule is CCOc1ccc2nc(N3CCN(C(=O)c4cccc(Br)c4)CC3)sc2c1. The van der Waals surface area contributed by atoms with Crippen LogP contribution in [0.15, 0.2) is 46.9 Å². The molecule has 0 N–H and O–H groups in total. The lowest BCUT2D eigenvalue weighted by Crippen LogP contribution is -2.48. The maximum atomic E-state index is 12.7. The number of halogens is 1. The Morgan fingerprint density at radius 2 is 2.00 bits per heavy atom. The number of thiazole rings is 1. The lowest BCUT2D eigenvalue weighted by atomic mass is 10.2. The molecular weight excluding hydrogens is 426 g/mol. The Morgan fingerprint density at radius 3 is 2.74 bits per heavy atom. The topological polar surface area (TPSA) is 45.7 Å². The molecule has 0 bridgehead atoms. The number of carbonyl (C=O) groups is 1. The maximum absolute atomic E-state index is 12.7. The Kier molecular flexibility index (Phi) is 5.31. The van der Waals surface area contributed by atoms with Crippen LogP contribution in [0, 0.1) is 0 Å². The standard InChI is InChI=1S/C20H20BrN3O2S/c1-2-26-16-6-7-17-18(13-16)27-20(22-17)24-10-8-23(9-11-24)19(25)14-4-3-5-15(21)12-14/h3-7,12-13H,2,8-11H2,1H3. The molecule has 1 fully saturated rings. The fraction of sp³-hybridized carbons (Fsp3) is 0.300. The molecule has 140 valence electrons. The highest BCUT2D eigenvalue weighted by Crippen LogP contribution is 2.32. The third-order valence-corrected chi connectivity index (χ3v) is 6.14. The van der Waals surface area contributed by atoms with Gasteiger partial charge in [-0.15, -0.1) is 0 Å². The van der Waals surface area contributed by atoms with Crippen molar-refractivity contribution in [1.82, 2.24) is 9.88 Å². The van der Waals surface area contributed by atoms with Crippen molar-refractivity contribution in [2.24, 2.45) is 0 Å². The molecule has 0 unspecified atom stereocenters. The molecule has 1 aliphatic heterocycles. The normalized spacial score (nSPS) is 14.6. The predicted octanol–water partition coefficient (Wildman–Crippen LogP) is 4.42. The summed E-state index contributed by atoms with van der Waals surface area (Å²) in [6.45, 7) is 5.62. The highest BCUT2D eigenvalue weighted by molar-refractivity contribution is 9.10. The summed E-state index contributed by atoms with van der Waals surface area (Å²) in [4.78, 5) is 21.6. The molecule has 1 aromatic heterocycles. The minimum atomic E-state index is 0.0848. The molecule has 1 saturated heterocycles. The zero-order valence-corrected chi connectivity index (χ0v) is 17.4. The summed E-state index contributed by atoms with van der Waals surface area (Å²) in [6.07, 6.45) is 0.